The number of carbonyl (C=O) groups is 3. The van der Waals surface area contributed by atoms with Crippen molar-refractivity contribution in [1.29, 1.82) is 0 Å². The summed E-state index contributed by atoms with van der Waals surface area (Å²) in [6.07, 6.45) is -0.797. The van der Waals surface area contributed by atoms with Gasteiger partial charge in [-0.25, -0.2) is 0 Å². The predicted molar refractivity (Wildman–Crippen MR) is 56.7 cm³/mol. The molecule has 0 bridgehead atoms. The van der Waals surface area contributed by atoms with Gasteiger partial charge in [0, 0.05) is 6.42 Å². The lowest BCUT2D eigenvalue weighted by Crippen LogP contribution is -2.53. The van der Waals surface area contributed by atoms with Crippen LogP contribution in [0, 0.1) is 12.3 Å². The number of hydrogen-bond donors (Lipinski definition) is 3. The predicted octanol–water partition coefficient (Wildman–Crippen LogP) is -0.354. The molecule has 0 aromatic rings. The highest BCUT2D eigenvalue weighted by molar-refractivity contribution is 5.91. The lowest BCUT2D eigenvalue weighted by molar-refractivity contribution is -0.174. The van der Waals surface area contributed by atoms with Crippen LogP contribution < -0.4 is 10.6 Å². The summed E-state index contributed by atoms with van der Waals surface area (Å²) in [5.74, 6) is -2.90. The average molecular weight is 280 g/mol. The van der Waals surface area contributed by atoms with Crippen LogP contribution in [0.5, 0.6) is 0 Å². The number of rotatable bonds is 5. The van der Waals surface area contributed by atoms with Gasteiger partial charge in [-0.3, -0.25) is 14.4 Å². The smallest absolute Gasteiger partial charge is 0.471 e. The molecule has 0 fully saturated rings. The molecule has 0 saturated heterocycles. The Morgan fingerprint density at radius 3 is 2.21 bits per heavy atom. The Balaban J connectivity index is 4.74. The lowest BCUT2D eigenvalue weighted by atomic mass is 10.2. The molecular formula is C10H11F3N2O4. The van der Waals surface area contributed by atoms with Gasteiger partial charge in [0.05, 0.1) is 0 Å². The monoisotopic (exact) mass is 280 g/mol. The molecule has 0 aliphatic carbocycles. The Bertz CT molecular complexity index is 414. The van der Waals surface area contributed by atoms with E-state index >= 15 is 0 Å². The highest BCUT2D eigenvalue weighted by Gasteiger charge is 2.40. The van der Waals surface area contributed by atoms with Crippen LogP contribution in [-0.2, 0) is 14.4 Å². The summed E-state index contributed by atoms with van der Waals surface area (Å²) in [6.45, 7) is 1.11. The number of alkyl halides is 3. The van der Waals surface area contributed by atoms with Crippen LogP contribution in [0.15, 0.2) is 0 Å². The van der Waals surface area contributed by atoms with E-state index in [1.54, 1.807) is 0 Å². The number of carbonyl (C=O) groups excluding carboxylic acids is 2. The molecule has 0 spiro atoms. The molecule has 3 N–H and O–H groups in total. The van der Waals surface area contributed by atoms with Crippen LogP contribution in [0.25, 0.3) is 0 Å². The maximum absolute atomic E-state index is 12.0. The summed E-state index contributed by atoms with van der Waals surface area (Å²) in [5.41, 5.74) is 0. The van der Waals surface area contributed by atoms with Crippen LogP contribution in [0.4, 0.5) is 13.2 Å². The van der Waals surface area contributed by atoms with E-state index in [0.717, 1.165) is 6.92 Å². The molecular weight excluding hydrogens is 269 g/mol. The van der Waals surface area contributed by atoms with Gasteiger partial charge in [-0.05, 0) is 6.92 Å². The van der Waals surface area contributed by atoms with E-state index in [9.17, 15) is 27.6 Å². The maximum Gasteiger partial charge on any atom is 0.471 e. The second-order valence-electron chi connectivity index (χ2n) is 3.50. The van der Waals surface area contributed by atoms with Crippen molar-refractivity contribution in [1.82, 2.24) is 10.6 Å². The Labute approximate surface area is 106 Å². The summed E-state index contributed by atoms with van der Waals surface area (Å²) in [4.78, 5) is 32.6. The molecule has 0 radical (unpaired) electrons. The zero-order valence-electron chi connectivity index (χ0n) is 9.75. The van der Waals surface area contributed by atoms with Gasteiger partial charge < -0.3 is 15.7 Å². The summed E-state index contributed by atoms with van der Waals surface area (Å²) >= 11 is 0. The molecule has 0 unspecified atom stereocenters. The van der Waals surface area contributed by atoms with Crippen LogP contribution in [-0.4, -0.2) is 41.2 Å². The minimum atomic E-state index is -5.16. The molecule has 2 amide bonds. The molecule has 0 saturated carbocycles. The number of halogens is 3. The molecule has 106 valence electrons. The number of terminal acetylenes is 1. The van der Waals surface area contributed by atoms with E-state index in [0.29, 0.717) is 0 Å². The maximum atomic E-state index is 12.0. The Hall–Kier alpha value is -2.24. The van der Waals surface area contributed by atoms with Crippen LogP contribution in [0.2, 0.25) is 0 Å². The Morgan fingerprint density at radius 2 is 1.84 bits per heavy atom. The van der Waals surface area contributed by atoms with Crippen molar-refractivity contribution in [3.8, 4) is 12.3 Å². The van der Waals surface area contributed by atoms with E-state index in [1.807, 2.05) is 11.2 Å². The molecule has 0 aromatic heterocycles. The highest BCUT2D eigenvalue weighted by Crippen LogP contribution is 2.14. The van der Waals surface area contributed by atoms with Crippen molar-refractivity contribution in [2.45, 2.75) is 31.6 Å². The first-order valence-electron chi connectivity index (χ1n) is 4.94. The van der Waals surface area contributed by atoms with Gasteiger partial charge in [0.2, 0.25) is 5.91 Å². The average Bonchev–Trinajstić information content (AvgIpc) is 2.26. The van der Waals surface area contributed by atoms with Gasteiger partial charge in [-0.15, -0.1) is 12.3 Å². The standard InChI is InChI=1S/C10H11F3N2O4/c1-3-4-6(15-9(19)10(11,12)13)7(16)14-5(2)8(17)18/h1,5-6H,4H2,2H3,(H,14,16)(H,15,19)(H,17,18)/t5-,6-/m1/s1. The molecule has 19 heavy (non-hydrogen) atoms. The van der Waals surface area contributed by atoms with E-state index in [4.69, 9.17) is 11.5 Å². The Morgan fingerprint density at radius 1 is 1.32 bits per heavy atom. The third-order valence-electron chi connectivity index (χ3n) is 1.93. The second kappa shape index (κ2) is 6.63. The van der Waals surface area contributed by atoms with Crippen molar-refractivity contribution in [2.24, 2.45) is 0 Å². The lowest BCUT2D eigenvalue weighted by Gasteiger charge is -2.18. The molecule has 0 aliphatic rings. The van der Waals surface area contributed by atoms with Gasteiger partial charge in [0.1, 0.15) is 12.1 Å². The first-order chi connectivity index (χ1) is 8.59. The molecule has 0 aromatic carbocycles. The SMILES string of the molecule is C#CC[C@@H](NC(=O)C(F)(F)F)C(=O)N[C@H](C)C(=O)O. The first-order valence-corrected chi connectivity index (χ1v) is 4.94. The van der Waals surface area contributed by atoms with Crippen molar-refractivity contribution >= 4 is 17.8 Å². The largest absolute Gasteiger partial charge is 0.480 e. The molecule has 9 heteroatoms. The molecule has 6 nitrogen and oxygen atoms in total. The van der Waals surface area contributed by atoms with Crippen molar-refractivity contribution in [2.75, 3.05) is 0 Å². The van der Waals surface area contributed by atoms with Crippen LogP contribution >= 0.6 is 0 Å². The zero-order valence-corrected chi connectivity index (χ0v) is 9.75. The summed E-state index contributed by atoms with van der Waals surface area (Å²) in [5, 5.41) is 11.8. The minimum Gasteiger partial charge on any atom is -0.480 e. The number of carboxylic acids is 1. The fourth-order valence-electron chi connectivity index (χ4n) is 0.943. The normalized spacial score (nSPS) is 13.8. The van der Waals surface area contributed by atoms with Crippen LogP contribution in [0.1, 0.15) is 13.3 Å². The van der Waals surface area contributed by atoms with Gasteiger partial charge in [-0.1, -0.05) is 0 Å². The molecule has 0 aliphatic heterocycles. The summed E-state index contributed by atoms with van der Waals surface area (Å²) < 4.78 is 36.0. The number of carboxylic acid groups (broad SMARTS) is 1. The van der Waals surface area contributed by atoms with E-state index in [1.165, 1.54) is 5.32 Å². The third kappa shape index (κ3) is 5.76. The van der Waals surface area contributed by atoms with Crippen LogP contribution in [0.3, 0.4) is 0 Å². The zero-order chi connectivity index (χ0) is 15.2. The first kappa shape index (κ1) is 16.8. The molecule has 0 rings (SSSR count). The van der Waals surface area contributed by atoms with E-state index in [2.05, 4.69) is 0 Å². The molecule has 0 heterocycles. The fourth-order valence-corrected chi connectivity index (χ4v) is 0.943. The number of amides is 2. The van der Waals surface area contributed by atoms with Gasteiger partial charge in [0.15, 0.2) is 0 Å². The van der Waals surface area contributed by atoms with Crippen molar-refractivity contribution < 1.29 is 32.7 Å². The number of nitrogens with one attached hydrogen (secondary N) is 2. The van der Waals surface area contributed by atoms with Gasteiger partial charge >= 0.3 is 18.1 Å². The highest BCUT2D eigenvalue weighted by atomic mass is 19.4. The molecule has 2 atom stereocenters. The summed E-state index contributed by atoms with van der Waals surface area (Å²) in [7, 11) is 0. The quantitative estimate of drug-likeness (QED) is 0.600. The minimum absolute atomic E-state index is 0.500. The Kier molecular flexibility index (Phi) is 5.85. The van der Waals surface area contributed by atoms with Crippen molar-refractivity contribution in [3.05, 3.63) is 0 Å². The number of aliphatic carboxylic acids is 1. The summed E-state index contributed by atoms with van der Waals surface area (Å²) in [6, 6.07) is -2.98. The number of hydrogen-bond acceptors (Lipinski definition) is 3. The second-order valence-corrected chi connectivity index (χ2v) is 3.50. The fraction of sp³-hybridized carbons (Fsp3) is 0.500. The van der Waals surface area contributed by atoms with Gasteiger partial charge in [-0.2, -0.15) is 13.2 Å². The van der Waals surface area contributed by atoms with Crippen molar-refractivity contribution in [3.63, 3.8) is 0 Å². The van der Waals surface area contributed by atoms with E-state index in [-0.39, 0.29) is 0 Å². The topological polar surface area (TPSA) is 95.5 Å². The van der Waals surface area contributed by atoms with E-state index < -0.39 is 42.5 Å². The van der Waals surface area contributed by atoms with Gasteiger partial charge in [0.25, 0.3) is 0 Å². The third-order valence-corrected chi connectivity index (χ3v) is 1.93.